The highest BCUT2D eigenvalue weighted by atomic mass is 35.5. The van der Waals surface area contributed by atoms with Crippen molar-refractivity contribution in [2.24, 2.45) is 0 Å². The molecule has 3 aromatic rings. The molecule has 2 aromatic heterocycles. The number of nitrogens with zero attached hydrogens (tertiary/aromatic N) is 4. The average molecular weight is 375 g/mol. The van der Waals surface area contributed by atoms with E-state index in [1.165, 1.54) is 0 Å². The molecule has 0 spiro atoms. The lowest BCUT2D eigenvalue weighted by molar-refractivity contribution is 0.659. The van der Waals surface area contributed by atoms with E-state index in [-0.39, 0.29) is 0 Å². The summed E-state index contributed by atoms with van der Waals surface area (Å²) in [6.07, 6.45) is 7.50. The van der Waals surface area contributed by atoms with Crippen LogP contribution in [0.2, 0.25) is 5.02 Å². The van der Waals surface area contributed by atoms with Crippen LogP contribution in [-0.2, 0) is 19.6 Å². The highest BCUT2D eigenvalue weighted by Crippen LogP contribution is 2.12. The van der Waals surface area contributed by atoms with E-state index in [9.17, 15) is 0 Å². The Morgan fingerprint density at radius 1 is 1.08 bits per heavy atom. The molecular weight excluding hydrogens is 356 g/mol. The van der Waals surface area contributed by atoms with Crippen LogP contribution in [0.4, 0.5) is 5.69 Å². The van der Waals surface area contributed by atoms with E-state index in [0.29, 0.717) is 18.2 Å². The van der Waals surface area contributed by atoms with Gasteiger partial charge in [0.05, 0.1) is 24.6 Å². The van der Waals surface area contributed by atoms with Crippen molar-refractivity contribution < 1.29 is 0 Å². The van der Waals surface area contributed by atoms with Crippen molar-refractivity contribution in [3.63, 3.8) is 0 Å². The van der Waals surface area contributed by atoms with Gasteiger partial charge in [0, 0.05) is 36.1 Å². The predicted molar refractivity (Wildman–Crippen MR) is 104 cm³/mol. The summed E-state index contributed by atoms with van der Waals surface area (Å²) in [5.41, 5.74) is 3.06. The normalized spacial score (nSPS) is 10.6. The molecule has 1 aromatic carbocycles. The highest BCUT2D eigenvalue weighted by Gasteiger charge is 2.03. The smallest absolute Gasteiger partial charge is 0.171 e. The summed E-state index contributed by atoms with van der Waals surface area (Å²) in [7, 11) is 0. The molecule has 0 aliphatic heterocycles. The van der Waals surface area contributed by atoms with Crippen molar-refractivity contribution in [2.45, 2.75) is 26.6 Å². The molecule has 0 saturated carbocycles. The van der Waals surface area contributed by atoms with Crippen LogP contribution in [0.25, 0.3) is 0 Å². The van der Waals surface area contributed by atoms with Crippen molar-refractivity contribution in [1.29, 1.82) is 0 Å². The predicted octanol–water partition coefficient (Wildman–Crippen LogP) is 3.29. The Morgan fingerprint density at radius 2 is 1.84 bits per heavy atom. The molecule has 6 nitrogen and oxygen atoms in total. The number of thiocarbonyl (C=S) groups is 1. The molecule has 8 heteroatoms. The maximum absolute atomic E-state index is 5.90. The van der Waals surface area contributed by atoms with Crippen molar-refractivity contribution in [3.8, 4) is 0 Å². The first-order chi connectivity index (χ1) is 12.1. The fraction of sp³-hybridized carbons (Fsp3) is 0.235. The van der Waals surface area contributed by atoms with Gasteiger partial charge in [-0.15, -0.1) is 0 Å². The summed E-state index contributed by atoms with van der Waals surface area (Å²) in [4.78, 5) is 0. The summed E-state index contributed by atoms with van der Waals surface area (Å²) >= 11 is 11.2. The molecule has 0 amide bonds. The number of aromatic nitrogens is 4. The number of benzene rings is 1. The summed E-state index contributed by atoms with van der Waals surface area (Å²) in [5, 5.41) is 16.2. The van der Waals surface area contributed by atoms with Gasteiger partial charge in [0.2, 0.25) is 0 Å². The number of rotatable bonds is 6. The van der Waals surface area contributed by atoms with Crippen LogP contribution in [-0.4, -0.2) is 24.7 Å². The second kappa shape index (κ2) is 8.13. The van der Waals surface area contributed by atoms with E-state index < -0.39 is 0 Å². The molecular formula is C17H19ClN6S. The summed E-state index contributed by atoms with van der Waals surface area (Å²) in [6.45, 7) is 4.22. The molecule has 0 radical (unpaired) electrons. The van der Waals surface area contributed by atoms with Gasteiger partial charge >= 0.3 is 0 Å². The first-order valence-corrected chi connectivity index (χ1v) is 8.74. The molecule has 2 heterocycles. The fourth-order valence-corrected chi connectivity index (χ4v) is 2.64. The number of nitrogens with one attached hydrogen (secondary N) is 2. The van der Waals surface area contributed by atoms with E-state index in [1.807, 2.05) is 52.2 Å². The van der Waals surface area contributed by atoms with Crippen LogP contribution in [0.5, 0.6) is 0 Å². The van der Waals surface area contributed by atoms with Gasteiger partial charge in [-0.2, -0.15) is 10.2 Å². The maximum atomic E-state index is 5.90. The molecule has 0 bridgehead atoms. The first-order valence-electron chi connectivity index (χ1n) is 7.95. The third-order valence-corrected chi connectivity index (χ3v) is 4.11. The van der Waals surface area contributed by atoms with E-state index in [0.717, 1.165) is 28.4 Å². The summed E-state index contributed by atoms with van der Waals surface area (Å²) in [5.74, 6) is 0. The molecule has 25 heavy (non-hydrogen) atoms. The molecule has 130 valence electrons. The number of hydrogen-bond donors (Lipinski definition) is 2. The van der Waals surface area contributed by atoms with Crippen LogP contribution >= 0.6 is 23.8 Å². The van der Waals surface area contributed by atoms with Crippen LogP contribution < -0.4 is 10.6 Å². The zero-order chi connectivity index (χ0) is 17.6. The Morgan fingerprint density at radius 3 is 2.56 bits per heavy atom. The standard InChI is InChI=1S/C17H19ClN6S/c1-2-23-11-14(8-20-23)7-19-17(25)22-16-9-21-24(12-16)10-13-3-5-15(18)6-4-13/h3-6,8-9,11-12H,2,7,10H2,1H3,(H2,19,22,25). The van der Waals surface area contributed by atoms with Gasteiger partial charge in [-0.05, 0) is 36.8 Å². The lowest BCUT2D eigenvalue weighted by Gasteiger charge is -2.07. The zero-order valence-corrected chi connectivity index (χ0v) is 15.4. The zero-order valence-electron chi connectivity index (χ0n) is 13.8. The van der Waals surface area contributed by atoms with Gasteiger partial charge in [0.15, 0.2) is 5.11 Å². The van der Waals surface area contributed by atoms with Gasteiger partial charge in [0.25, 0.3) is 0 Å². The lowest BCUT2D eigenvalue weighted by Crippen LogP contribution is -2.27. The minimum absolute atomic E-state index is 0.551. The van der Waals surface area contributed by atoms with Crippen LogP contribution in [0.1, 0.15) is 18.1 Å². The summed E-state index contributed by atoms with van der Waals surface area (Å²) in [6, 6.07) is 7.72. The Labute approximate surface area is 156 Å². The lowest BCUT2D eigenvalue weighted by atomic mass is 10.2. The Kier molecular flexibility index (Phi) is 5.67. The second-order valence-electron chi connectivity index (χ2n) is 5.57. The van der Waals surface area contributed by atoms with E-state index in [4.69, 9.17) is 23.8 Å². The van der Waals surface area contributed by atoms with E-state index in [2.05, 4.69) is 27.8 Å². The Balaban J connectivity index is 1.50. The number of hydrogen-bond acceptors (Lipinski definition) is 3. The van der Waals surface area contributed by atoms with Crippen molar-refractivity contribution in [3.05, 3.63) is 65.2 Å². The SMILES string of the molecule is CCn1cc(CNC(=S)Nc2cnn(Cc3ccc(Cl)cc3)c2)cn1. The molecule has 3 rings (SSSR count). The number of halogens is 1. The van der Waals surface area contributed by atoms with Gasteiger partial charge in [-0.3, -0.25) is 9.36 Å². The largest absolute Gasteiger partial charge is 0.358 e. The quantitative estimate of drug-likeness (QED) is 0.648. The van der Waals surface area contributed by atoms with Crippen LogP contribution in [0, 0.1) is 0 Å². The van der Waals surface area contributed by atoms with Crippen molar-refractivity contribution in [1.82, 2.24) is 24.9 Å². The van der Waals surface area contributed by atoms with E-state index in [1.54, 1.807) is 6.20 Å². The molecule has 0 fully saturated rings. The maximum Gasteiger partial charge on any atom is 0.171 e. The van der Waals surface area contributed by atoms with Gasteiger partial charge in [0.1, 0.15) is 0 Å². The molecule has 0 unspecified atom stereocenters. The molecule has 0 saturated heterocycles. The van der Waals surface area contributed by atoms with Gasteiger partial charge in [-0.1, -0.05) is 23.7 Å². The molecule has 0 aliphatic rings. The Bertz CT molecular complexity index is 839. The molecule has 0 aliphatic carbocycles. The van der Waals surface area contributed by atoms with Crippen LogP contribution in [0.15, 0.2) is 49.1 Å². The average Bonchev–Trinajstić information content (AvgIpc) is 3.24. The summed E-state index contributed by atoms with van der Waals surface area (Å²) < 4.78 is 3.73. The minimum atomic E-state index is 0.551. The number of aryl methyl sites for hydroxylation is 1. The van der Waals surface area contributed by atoms with Crippen molar-refractivity contribution in [2.75, 3.05) is 5.32 Å². The topological polar surface area (TPSA) is 59.7 Å². The van der Waals surface area contributed by atoms with Gasteiger partial charge in [-0.25, -0.2) is 0 Å². The third kappa shape index (κ3) is 5.04. The molecule has 0 atom stereocenters. The van der Waals surface area contributed by atoms with Crippen molar-refractivity contribution >= 4 is 34.6 Å². The van der Waals surface area contributed by atoms with Crippen LogP contribution in [0.3, 0.4) is 0 Å². The highest BCUT2D eigenvalue weighted by molar-refractivity contribution is 7.80. The number of anilines is 1. The monoisotopic (exact) mass is 374 g/mol. The first kappa shape index (κ1) is 17.4. The fourth-order valence-electron chi connectivity index (χ4n) is 2.32. The minimum Gasteiger partial charge on any atom is -0.358 e. The van der Waals surface area contributed by atoms with E-state index >= 15 is 0 Å². The van der Waals surface area contributed by atoms with Gasteiger partial charge < -0.3 is 10.6 Å². The third-order valence-electron chi connectivity index (χ3n) is 3.61. The Hall–Kier alpha value is -2.38. The second-order valence-corrected chi connectivity index (χ2v) is 6.41. The molecule has 2 N–H and O–H groups in total.